The molecule has 0 unspecified atom stereocenters. The summed E-state index contributed by atoms with van der Waals surface area (Å²) in [4.78, 5) is 21.4. The highest BCUT2D eigenvalue weighted by atomic mass is 16.6. The van der Waals surface area contributed by atoms with Crippen LogP contribution in [0.2, 0.25) is 0 Å². The number of aliphatic hydroxyl groups excluding tert-OH is 2. The zero-order chi connectivity index (χ0) is 25.1. The van der Waals surface area contributed by atoms with Crippen LogP contribution in [0.1, 0.15) is 30.2 Å². The molecule has 5 heterocycles. The molecule has 1 aliphatic rings. The van der Waals surface area contributed by atoms with Crippen LogP contribution in [-0.4, -0.2) is 71.2 Å². The summed E-state index contributed by atoms with van der Waals surface area (Å²) in [5.41, 5.74) is 10.8. The Morgan fingerprint density at radius 3 is 2.67 bits per heavy atom. The van der Waals surface area contributed by atoms with Crippen LogP contribution in [0.5, 0.6) is 0 Å². The van der Waals surface area contributed by atoms with Crippen LogP contribution in [0, 0.1) is 6.92 Å². The smallest absolute Gasteiger partial charge is 0.167 e. The maximum Gasteiger partial charge on any atom is 0.167 e. The highest BCUT2D eigenvalue weighted by Gasteiger charge is 2.45. The van der Waals surface area contributed by atoms with Crippen LogP contribution in [0.15, 0.2) is 49.3 Å². The fourth-order valence-electron chi connectivity index (χ4n) is 4.43. The minimum Gasteiger partial charge on any atom is -0.394 e. The van der Waals surface area contributed by atoms with E-state index in [9.17, 15) is 10.2 Å². The van der Waals surface area contributed by atoms with Crippen molar-refractivity contribution >= 4 is 17.0 Å². The molecule has 1 saturated heterocycles. The number of nitrogens with two attached hydrogens (primary N) is 1. The van der Waals surface area contributed by atoms with E-state index in [0.29, 0.717) is 17.8 Å². The quantitative estimate of drug-likeness (QED) is 0.295. The molecule has 1 fully saturated rings. The molecule has 4 aromatic heterocycles. The number of fused-ring (bicyclic) bond motifs is 1. The summed E-state index contributed by atoms with van der Waals surface area (Å²) >= 11 is 0. The van der Waals surface area contributed by atoms with Gasteiger partial charge in [0.25, 0.3) is 0 Å². The maximum absolute atomic E-state index is 10.7. The predicted octanol–water partition coefficient (Wildman–Crippen LogP) is 1.83. The van der Waals surface area contributed by atoms with Crippen LogP contribution in [0.3, 0.4) is 0 Å². The second kappa shape index (κ2) is 10.6. The normalized spacial score (nSPS) is 21.9. The van der Waals surface area contributed by atoms with Gasteiger partial charge in [-0.1, -0.05) is 0 Å². The number of aromatic nitrogens is 6. The third kappa shape index (κ3) is 4.91. The molecule has 1 aliphatic heterocycles. The predicted molar refractivity (Wildman–Crippen MR) is 132 cm³/mol. The average molecular weight is 492 g/mol. The highest BCUT2D eigenvalue weighted by molar-refractivity contribution is 5.81. The van der Waals surface area contributed by atoms with Crippen molar-refractivity contribution in [1.29, 1.82) is 0 Å². The summed E-state index contributed by atoms with van der Waals surface area (Å²) in [7, 11) is 0. The molecule has 4 aromatic rings. The summed E-state index contributed by atoms with van der Waals surface area (Å²) < 4.78 is 13.6. The topological polar surface area (TPSA) is 154 Å². The number of anilines is 1. The van der Waals surface area contributed by atoms with Crippen LogP contribution in [-0.2, 0) is 15.9 Å². The van der Waals surface area contributed by atoms with Crippen molar-refractivity contribution in [3.05, 3.63) is 60.4 Å². The largest absolute Gasteiger partial charge is 0.394 e. The second-order valence-electron chi connectivity index (χ2n) is 8.88. The molecule has 0 amide bonds. The number of imidazole rings is 1. The van der Waals surface area contributed by atoms with Gasteiger partial charge < -0.3 is 25.4 Å². The minimum atomic E-state index is -0.999. The number of hydrogen-bond acceptors (Lipinski definition) is 10. The summed E-state index contributed by atoms with van der Waals surface area (Å²) in [6.07, 6.45) is 5.83. The molecule has 36 heavy (non-hydrogen) atoms. The Bertz CT molecular complexity index is 1330. The molecule has 4 atom stereocenters. The van der Waals surface area contributed by atoms with Gasteiger partial charge in [-0.15, -0.1) is 0 Å². The van der Waals surface area contributed by atoms with Gasteiger partial charge >= 0.3 is 0 Å². The van der Waals surface area contributed by atoms with Crippen LogP contribution >= 0.6 is 0 Å². The van der Waals surface area contributed by atoms with E-state index in [1.54, 1.807) is 10.8 Å². The number of aliphatic hydroxyl groups is 2. The van der Waals surface area contributed by atoms with Gasteiger partial charge in [-0.05, 0) is 61.6 Å². The molecule has 0 aliphatic carbocycles. The molecule has 4 N–H and O–H groups in total. The van der Waals surface area contributed by atoms with Crippen LogP contribution in [0.25, 0.3) is 22.6 Å². The Morgan fingerprint density at radius 1 is 1.06 bits per heavy atom. The molecule has 0 spiro atoms. The van der Waals surface area contributed by atoms with Gasteiger partial charge in [0.1, 0.15) is 30.2 Å². The summed E-state index contributed by atoms with van der Waals surface area (Å²) in [6.45, 7) is 2.12. The Morgan fingerprint density at radius 2 is 1.86 bits per heavy atom. The molecular formula is C25H29N7O4. The molecule has 0 bridgehead atoms. The highest BCUT2D eigenvalue weighted by Crippen LogP contribution is 2.34. The van der Waals surface area contributed by atoms with E-state index in [0.717, 1.165) is 36.2 Å². The number of unbranched alkanes of at least 4 members (excludes halogenated alkanes) is 1. The first kappa shape index (κ1) is 24.2. The minimum absolute atomic E-state index is 0.255. The first-order valence-corrected chi connectivity index (χ1v) is 11.9. The number of nitrogens with zero attached hydrogens (tertiary/aromatic N) is 6. The number of ether oxygens (including phenoxy) is 2. The third-order valence-corrected chi connectivity index (χ3v) is 6.33. The molecular weight excluding hydrogens is 462 g/mol. The Hall–Kier alpha value is -3.51. The molecule has 11 heteroatoms. The molecule has 0 saturated carbocycles. The fraction of sp³-hybridized carbons (Fsp3) is 0.400. The lowest BCUT2D eigenvalue weighted by Gasteiger charge is -2.22. The zero-order valence-corrected chi connectivity index (χ0v) is 19.9. The monoisotopic (exact) mass is 491 g/mol. The Labute approximate surface area is 208 Å². The second-order valence-corrected chi connectivity index (χ2v) is 8.88. The van der Waals surface area contributed by atoms with Crippen LogP contribution in [0.4, 0.5) is 5.82 Å². The standard InChI is InChI=1S/C25H29N7O4/c1-15-5-7-27-17(10-15)18-11-16(6-8-28-18)4-2-3-9-35-22-21(34)19(12-33)36-25(22)32-14-31-20-23(26)29-13-30-24(20)32/h5-8,10-11,13-14,19,21-22,25,33-34H,2-4,9,12H2,1H3,(H2,26,29,30)/t19-,21+,22+,25+/m0/s1. The van der Waals surface area contributed by atoms with Gasteiger partial charge in [0.2, 0.25) is 0 Å². The Balaban J connectivity index is 1.20. The number of hydrogen-bond donors (Lipinski definition) is 3. The van der Waals surface area contributed by atoms with Crippen molar-refractivity contribution in [3.8, 4) is 11.4 Å². The van der Waals surface area contributed by atoms with Crippen molar-refractivity contribution in [1.82, 2.24) is 29.5 Å². The summed E-state index contributed by atoms with van der Waals surface area (Å²) in [6, 6.07) is 8.06. The van der Waals surface area contributed by atoms with Crippen molar-refractivity contribution in [2.24, 2.45) is 0 Å². The Kier molecular flexibility index (Phi) is 7.14. The van der Waals surface area contributed by atoms with E-state index >= 15 is 0 Å². The third-order valence-electron chi connectivity index (χ3n) is 6.33. The average Bonchev–Trinajstić information content (AvgIpc) is 3.45. The number of rotatable bonds is 9. The number of aryl methyl sites for hydroxylation is 2. The summed E-state index contributed by atoms with van der Waals surface area (Å²) in [5.74, 6) is 0.255. The molecule has 11 nitrogen and oxygen atoms in total. The zero-order valence-electron chi connectivity index (χ0n) is 19.9. The fourth-order valence-corrected chi connectivity index (χ4v) is 4.43. The van der Waals surface area contributed by atoms with E-state index in [1.807, 2.05) is 31.3 Å². The molecule has 0 aromatic carbocycles. The van der Waals surface area contributed by atoms with Crippen molar-refractivity contribution < 1.29 is 19.7 Å². The molecule has 0 radical (unpaired) electrons. The summed E-state index contributed by atoms with van der Waals surface area (Å²) in [5, 5.41) is 20.4. The van der Waals surface area contributed by atoms with Crippen molar-refractivity contribution in [2.75, 3.05) is 18.9 Å². The van der Waals surface area contributed by atoms with Gasteiger partial charge in [-0.2, -0.15) is 0 Å². The van der Waals surface area contributed by atoms with Gasteiger partial charge in [-0.3, -0.25) is 14.5 Å². The van der Waals surface area contributed by atoms with Gasteiger partial charge in [0.15, 0.2) is 17.7 Å². The first-order valence-electron chi connectivity index (χ1n) is 11.9. The van der Waals surface area contributed by atoms with Gasteiger partial charge in [0.05, 0.1) is 24.3 Å². The van der Waals surface area contributed by atoms with E-state index < -0.39 is 24.5 Å². The van der Waals surface area contributed by atoms with Crippen molar-refractivity contribution in [2.45, 2.75) is 50.7 Å². The number of nitrogen functional groups attached to an aromatic ring is 1. The lowest BCUT2D eigenvalue weighted by molar-refractivity contribution is -0.0710. The molecule has 188 valence electrons. The maximum atomic E-state index is 10.7. The van der Waals surface area contributed by atoms with E-state index in [2.05, 4.69) is 31.0 Å². The molecule has 5 rings (SSSR count). The SMILES string of the molecule is Cc1ccnc(-c2cc(CCCCO[C@@H]3[C@H](O)[C@H](CO)O[C@H]3n3cnc4c(N)ncnc43)ccn2)c1. The van der Waals surface area contributed by atoms with E-state index in [-0.39, 0.29) is 12.4 Å². The van der Waals surface area contributed by atoms with E-state index in [1.165, 1.54) is 18.2 Å². The van der Waals surface area contributed by atoms with Gasteiger partial charge in [-0.25, -0.2) is 15.0 Å². The van der Waals surface area contributed by atoms with Gasteiger partial charge in [0, 0.05) is 19.0 Å². The lowest BCUT2D eigenvalue weighted by Crippen LogP contribution is -2.35. The first-order chi connectivity index (χ1) is 17.5. The number of pyridine rings is 2. The van der Waals surface area contributed by atoms with Crippen LogP contribution < -0.4 is 5.73 Å². The van der Waals surface area contributed by atoms with Crippen molar-refractivity contribution in [3.63, 3.8) is 0 Å². The van der Waals surface area contributed by atoms with E-state index in [4.69, 9.17) is 15.2 Å². The lowest BCUT2D eigenvalue weighted by atomic mass is 10.1.